The second kappa shape index (κ2) is 10.4. The molecule has 9 nitrogen and oxygen atoms in total. The van der Waals surface area contributed by atoms with Gasteiger partial charge in [-0.1, -0.05) is 43.7 Å². The molecule has 1 saturated carbocycles. The predicted molar refractivity (Wildman–Crippen MR) is 128 cm³/mol. The van der Waals surface area contributed by atoms with Gasteiger partial charge in [-0.2, -0.15) is 0 Å². The van der Waals surface area contributed by atoms with Crippen LogP contribution in [-0.2, 0) is 16.1 Å². The van der Waals surface area contributed by atoms with Crippen molar-refractivity contribution in [1.82, 2.24) is 29.8 Å². The predicted octanol–water partition coefficient (Wildman–Crippen LogP) is 2.50. The van der Waals surface area contributed by atoms with Gasteiger partial charge in [0, 0.05) is 25.0 Å². The SMILES string of the molecule is CCC(C)NC(=O)CCn1c(=O)c2ccccc2n2c(SCC(=O)NC3CCCC3)nnc12. The number of hydrogen-bond donors (Lipinski definition) is 2. The summed E-state index contributed by atoms with van der Waals surface area (Å²) >= 11 is 1.30. The van der Waals surface area contributed by atoms with Crippen LogP contribution in [0, 0.1) is 0 Å². The van der Waals surface area contributed by atoms with Crippen LogP contribution >= 0.6 is 11.8 Å². The molecule has 1 aliphatic carbocycles. The van der Waals surface area contributed by atoms with E-state index in [-0.39, 0.29) is 48.2 Å². The summed E-state index contributed by atoms with van der Waals surface area (Å²) in [6.45, 7) is 4.15. The lowest BCUT2D eigenvalue weighted by Crippen LogP contribution is -2.34. The van der Waals surface area contributed by atoms with Crippen molar-refractivity contribution in [3.8, 4) is 0 Å². The summed E-state index contributed by atoms with van der Waals surface area (Å²) < 4.78 is 3.30. The number of carbonyl (C=O) groups excluding carboxylic acids is 2. The molecule has 2 N–H and O–H groups in total. The molecular formula is C23H30N6O3S. The summed E-state index contributed by atoms with van der Waals surface area (Å²) in [6, 6.07) is 7.61. The number of nitrogens with one attached hydrogen (secondary N) is 2. The van der Waals surface area contributed by atoms with Crippen LogP contribution in [0.2, 0.25) is 0 Å². The van der Waals surface area contributed by atoms with Crippen molar-refractivity contribution in [3.63, 3.8) is 0 Å². The number of para-hydroxylation sites is 1. The van der Waals surface area contributed by atoms with E-state index in [4.69, 9.17) is 0 Å². The van der Waals surface area contributed by atoms with Gasteiger partial charge in [0.25, 0.3) is 5.56 Å². The summed E-state index contributed by atoms with van der Waals surface area (Å²) in [7, 11) is 0. The third-order valence-corrected chi connectivity index (χ3v) is 7.04. The van der Waals surface area contributed by atoms with Crippen LogP contribution in [0.3, 0.4) is 0 Å². The Labute approximate surface area is 196 Å². The Kier molecular flexibility index (Phi) is 7.32. The second-order valence-corrected chi connectivity index (χ2v) is 9.50. The standard InChI is InChI=1S/C23H30N6O3S/c1-3-15(2)24-19(30)12-13-28-21(32)17-10-6-7-11-18(17)29-22(28)26-27-23(29)33-14-20(31)25-16-8-4-5-9-16/h6-7,10-11,15-16H,3-5,8-9,12-14H2,1-2H3,(H,24,30)(H,25,31). The third kappa shape index (κ3) is 5.21. The van der Waals surface area contributed by atoms with E-state index in [2.05, 4.69) is 20.8 Å². The van der Waals surface area contributed by atoms with Crippen molar-refractivity contribution in [2.24, 2.45) is 0 Å². The Morgan fingerprint density at radius 3 is 2.70 bits per heavy atom. The maximum absolute atomic E-state index is 13.2. The molecule has 1 fully saturated rings. The van der Waals surface area contributed by atoms with Crippen molar-refractivity contribution in [3.05, 3.63) is 34.6 Å². The van der Waals surface area contributed by atoms with Gasteiger partial charge in [0.2, 0.25) is 17.6 Å². The fraction of sp³-hybridized carbons (Fsp3) is 0.522. The number of carbonyl (C=O) groups is 2. The molecule has 2 amide bonds. The highest BCUT2D eigenvalue weighted by Gasteiger charge is 2.20. The molecule has 0 bridgehead atoms. The van der Waals surface area contributed by atoms with Crippen molar-refractivity contribution in [1.29, 1.82) is 0 Å². The molecule has 0 aliphatic heterocycles. The lowest BCUT2D eigenvalue weighted by molar-refractivity contribution is -0.122. The number of benzene rings is 1. The topological polar surface area (TPSA) is 110 Å². The molecule has 0 saturated heterocycles. The molecule has 1 aromatic carbocycles. The summed E-state index contributed by atoms with van der Waals surface area (Å²) in [5, 5.41) is 15.6. The number of hydrogen-bond acceptors (Lipinski definition) is 6. The first-order chi connectivity index (χ1) is 16.0. The maximum atomic E-state index is 13.2. The van der Waals surface area contributed by atoms with Crippen LogP contribution in [0.15, 0.2) is 34.2 Å². The average molecular weight is 471 g/mol. The van der Waals surface area contributed by atoms with Gasteiger partial charge in [0.05, 0.1) is 16.7 Å². The Morgan fingerprint density at radius 1 is 1.18 bits per heavy atom. The average Bonchev–Trinajstić information content (AvgIpc) is 3.47. The Balaban J connectivity index is 1.60. The fourth-order valence-corrected chi connectivity index (χ4v) is 4.91. The summed E-state index contributed by atoms with van der Waals surface area (Å²) in [6.07, 6.45) is 5.39. The lowest BCUT2D eigenvalue weighted by atomic mass is 10.2. The molecule has 1 unspecified atom stereocenters. The van der Waals surface area contributed by atoms with Crippen molar-refractivity contribution >= 4 is 40.3 Å². The van der Waals surface area contributed by atoms with Gasteiger partial charge in [-0.3, -0.25) is 23.4 Å². The van der Waals surface area contributed by atoms with E-state index in [1.54, 1.807) is 10.5 Å². The molecular weight excluding hydrogens is 440 g/mol. The second-order valence-electron chi connectivity index (χ2n) is 8.56. The molecule has 0 radical (unpaired) electrons. The smallest absolute Gasteiger partial charge is 0.262 e. The van der Waals surface area contributed by atoms with Gasteiger partial charge in [0.15, 0.2) is 5.16 Å². The van der Waals surface area contributed by atoms with Crippen LogP contribution in [-0.4, -0.2) is 48.8 Å². The number of fused-ring (bicyclic) bond motifs is 3. The summed E-state index contributed by atoms with van der Waals surface area (Å²) in [4.78, 5) is 37.9. The van der Waals surface area contributed by atoms with Gasteiger partial charge >= 0.3 is 0 Å². The zero-order valence-corrected chi connectivity index (χ0v) is 19.9. The lowest BCUT2D eigenvalue weighted by Gasteiger charge is -2.14. The quantitative estimate of drug-likeness (QED) is 0.465. The zero-order chi connectivity index (χ0) is 23.4. The first-order valence-electron chi connectivity index (χ1n) is 11.6. The minimum atomic E-state index is -0.211. The Morgan fingerprint density at radius 2 is 1.94 bits per heavy atom. The zero-order valence-electron chi connectivity index (χ0n) is 19.0. The van der Waals surface area contributed by atoms with Crippen molar-refractivity contribution in [2.45, 2.75) is 76.2 Å². The van der Waals surface area contributed by atoms with Gasteiger partial charge in [-0.15, -0.1) is 10.2 Å². The molecule has 176 valence electrons. The number of aryl methyl sites for hydroxylation is 1. The largest absolute Gasteiger partial charge is 0.354 e. The number of rotatable bonds is 9. The monoisotopic (exact) mass is 470 g/mol. The number of amides is 2. The molecule has 10 heteroatoms. The minimum Gasteiger partial charge on any atom is -0.354 e. The van der Waals surface area contributed by atoms with E-state index in [0.717, 1.165) is 32.1 Å². The fourth-order valence-electron chi connectivity index (χ4n) is 4.16. The van der Waals surface area contributed by atoms with E-state index in [1.165, 1.54) is 16.3 Å². The van der Waals surface area contributed by atoms with Gasteiger partial charge in [-0.25, -0.2) is 0 Å². The molecule has 0 spiro atoms. The van der Waals surface area contributed by atoms with Gasteiger partial charge in [-0.05, 0) is 38.3 Å². The first kappa shape index (κ1) is 23.3. The highest BCUT2D eigenvalue weighted by molar-refractivity contribution is 7.99. The third-order valence-electron chi connectivity index (χ3n) is 6.11. The van der Waals surface area contributed by atoms with Crippen LogP contribution in [0.25, 0.3) is 16.7 Å². The van der Waals surface area contributed by atoms with E-state index >= 15 is 0 Å². The molecule has 33 heavy (non-hydrogen) atoms. The Hall–Kier alpha value is -2.88. The van der Waals surface area contributed by atoms with Gasteiger partial charge in [0.1, 0.15) is 0 Å². The molecule has 1 aliphatic rings. The normalized spacial score (nSPS) is 15.2. The maximum Gasteiger partial charge on any atom is 0.262 e. The van der Waals surface area contributed by atoms with E-state index in [1.807, 2.05) is 32.0 Å². The summed E-state index contributed by atoms with van der Waals surface area (Å²) in [5.41, 5.74) is 0.471. The highest BCUT2D eigenvalue weighted by atomic mass is 32.2. The van der Waals surface area contributed by atoms with Crippen LogP contribution in [0.1, 0.15) is 52.4 Å². The van der Waals surface area contributed by atoms with Crippen molar-refractivity contribution in [2.75, 3.05) is 5.75 Å². The number of nitrogens with zero attached hydrogens (tertiary/aromatic N) is 4. The molecule has 2 heterocycles. The highest BCUT2D eigenvalue weighted by Crippen LogP contribution is 2.22. The van der Waals surface area contributed by atoms with Crippen LogP contribution in [0.4, 0.5) is 0 Å². The van der Waals surface area contributed by atoms with Crippen molar-refractivity contribution < 1.29 is 9.59 Å². The summed E-state index contributed by atoms with van der Waals surface area (Å²) in [5.74, 6) is 0.458. The molecule has 3 aromatic rings. The number of aromatic nitrogens is 4. The molecule has 2 aromatic heterocycles. The first-order valence-corrected chi connectivity index (χ1v) is 12.5. The number of thioether (sulfide) groups is 1. The molecule has 1 atom stereocenters. The van der Waals surface area contributed by atoms with Crippen LogP contribution < -0.4 is 16.2 Å². The van der Waals surface area contributed by atoms with E-state index < -0.39 is 0 Å². The van der Waals surface area contributed by atoms with E-state index in [0.29, 0.717) is 21.8 Å². The minimum absolute atomic E-state index is 0.0250. The molecule has 4 rings (SSSR count). The van der Waals surface area contributed by atoms with Crippen LogP contribution in [0.5, 0.6) is 0 Å². The van der Waals surface area contributed by atoms with E-state index in [9.17, 15) is 14.4 Å². The Bertz CT molecular complexity index is 1210. The van der Waals surface area contributed by atoms with Gasteiger partial charge < -0.3 is 10.6 Å².